The molecule has 19 heavy (non-hydrogen) atoms. The van der Waals surface area contributed by atoms with Crippen molar-refractivity contribution in [2.24, 2.45) is 5.73 Å². The lowest BCUT2D eigenvalue weighted by Gasteiger charge is -2.12. The van der Waals surface area contributed by atoms with E-state index in [4.69, 9.17) is 15.2 Å². The summed E-state index contributed by atoms with van der Waals surface area (Å²) in [5.41, 5.74) is 9.07. The molecule has 0 aliphatic carbocycles. The van der Waals surface area contributed by atoms with E-state index in [1.807, 2.05) is 24.3 Å². The van der Waals surface area contributed by atoms with Crippen LogP contribution in [0.2, 0.25) is 0 Å². The Balaban J connectivity index is 2.11. The molecule has 0 aliphatic heterocycles. The third-order valence-electron chi connectivity index (χ3n) is 2.96. The van der Waals surface area contributed by atoms with Gasteiger partial charge in [-0.05, 0) is 30.7 Å². The first-order valence-electron chi connectivity index (χ1n) is 6.28. The van der Waals surface area contributed by atoms with Crippen LogP contribution in [0.15, 0.2) is 42.5 Å². The van der Waals surface area contributed by atoms with E-state index < -0.39 is 0 Å². The SMILES string of the molecule is COc1ccc(OCc2cccc(C)c2)c(CN)c1. The molecule has 100 valence electrons. The summed E-state index contributed by atoms with van der Waals surface area (Å²) >= 11 is 0. The number of aryl methyl sites for hydroxylation is 1. The monoisotopic (exact) mass is 257 g/mol. The molecule has 3 nitrogen and oxygen atoms in total. The Morgan fingerprint density at radius 2 is 1.95 bits per heavy atom. The third kappa shape index (κ3) is 3.48. The van der Waals surface area contributed by atoms with E-state index in [-0.39, 0.29) is 0 Å². The van der Waals surface area contributed by atoms with Gasteiger partial charge in [0.15, 0.2) is 0 Å². The first kappa shape index (κ1) is 13.4. The fourth-order valence-electron chi connectivity index (χ4n) is 1.95. The van der Waals surface area contributed by atoms with Crippen molar-refractivity contribution in [2.45, 2.75) is 20.1 Å². The summed E-state index contributed by atoms with van der Waals surface area (Å²) in [6.45, 7) is 3.05. The molecule has 2 aromatic carbocycles. The minimum atomic E-state index is 0.431. The second-order valence-electron chi connectivity index (χ2n) is 4.46. The zero-order valence-corrected chi connectivity index (χ0v) is 11.3. The van der Waals surface area contributed by atoms with Crippen LogP contribution >= 0.6 is 0 Å². The predicted molar refractivity (Wildman–Crippen MR) is 76.4 cm³/mol. The number of rotatable bonds is 5. The number of benzene rings is 2. The molecule has 2 aromatic rings. The van der Waals surface area contributed by atoms with Crippen molar-refractivity contribution >= 4 is 0 Å². The fraction of sp³-hybridized carbons (Fsp3) is 0.250. The maximum absolute atomic E-state index is 5.83. The maximum Gasteiger partial charge on any atom is 0.124 e. The highest BCUT2D eigenvalue weighted by Gasteiger charge is 2.05. The summed E-state index contributed by atoms with van der Waals surface area (Å²) in [7, 11) is 1.64. The number of nitrogens with two attached hydrogens (primary N) is 1. The van der Waals surface area contributed by atoms with Crippen LogP contribution in [0.25, 0.3) is 0 Å². The molecule has 3 heteroatoms. The molecule has 0 heterocycles. The first-order chi connectivity index (χ1) is 9.22. The largest absolute Gasteiger partial charge is 0.497 e. The van der Waals surface area contributed by atoms with Gasteiger partial charge in [0.2, 0.25) is 0 Å². The molecule has 0 amide bonds. The maximum atomic E-state index is 5.83. The van der Waals surface area contributed by atoms with Crippen LogP contribution < -0.4 is 15.2 Å². The Morgan fingerprint density at radius 3 is 2.63 bits per heavy atom. The van der Waals surface area contributed by atoms with E-state index in [2.05, 4.69) is 25.1 Å². The Bertz CT molecular complexity index is 552. The standard InChI is InChI=1S/C16H19NO2/c1-12-4-3-5-13(8-12)11-19-16-7-6-15(18-2)9-14(16)10-17/h3-9H,10-11,17H2,1-2H3. The predicted octanol–water partition coefficient (Wildman–Crippen LogP) is 3.04. The second-order valence-corrected chi connectivity index (χ2v) is 4.46. The van der Waals surface area contributed by atoms with Gasteiger partial charge in [0, 0.05) is 12.1 Å². The summed E-state index contributed by atoms with van der Waals surface area (Å²) in [5.74, 6) is 1.60. The summed E-state index contributed by atoms with van der Waals surface area (Å²) in [6, 6.07) is 14.0. The molecule has 0 bridgehead atoms. The van der Waals surface area contributed by atoms with Crippen LogP contribution in [0.3, 0.4) is 0 Å². The van der Waals surface area contributed by atoms with Gasteiger partial charge in [0.25, 0.3) is 0 Å². The van der Waals surface area contributed by atoms with Gasteiger partial charge >= 0.3 is 0 Å². The third-order valence-corrected chi connectivity index (χ3v) is 2.96. The lowest BCUT2D eigenvalue weighted by atomic mass is 10.1. The van der Waals surface area contributed by atoms with Crippen LogP contribution in [-0.2, 0) is 13.2 Å². The Morgan fingerprint density at radius 1 is 1.11 bits per heavy atom. The van der Waals surface area contributed by atoms with Gasteiger partial charge in [-0.25, -0.2) is 0 Å². The average molecular weight is 257 g/mol. The van der Waals surface area contributed by atoms with Gasteiger partial charge in [-0.2, -0.15) is 0 Å². The van der Waals surface area contributed by atoms with Gasteiger partial charge in [0.05, 0.1) is 7.11 Å². The normalized spacial score (nSPS) is 10.3. The van der Waals surface area contributed by atoms with E-state index in [9.17, 15) is 0 Å². The zero-order chi connectivity index (χ0) is 13.7. The van der Waals surface area contributed by atoms with Crippen LogP contribution in [0.1, 0.15) is 16.7 Å². The number of methoxy groups -OCH3 is 1. The topological polar surface area (TPSA) is 44.5 Å². The van der Waals surface area contributed by atoms with Crippen LogP contribution in [-0.4, -0.2) is 7.11 Å². The van der Waals surface area contributed by atoms with Crippen molar-refractivity contribution in [2.75, 3.05) is 7.11 Å². The molecular weight excluding hydrogens is 238 g/mol. The minimum absolute atomic E-state index is 0.431. The molecule has 2 N–H and O–H groups in total. The molecule has 0 unspecified atom stereocenters. The number of ether oxygens (including phenoxy) is 2. The molecule has 0 aliphatic rings. The molecule has 0 fully saturated rings. The van der Waals surface area contributed by atoms with Crippen molar-refractivity contribution in [1.82, 2.24) is 0 Å². The molecule has 0 atom stereocenters. The molecule has 0 saturated heterocycles. The van der Waals surface area contributed by atoms with Gasteiger partial charge in [-0.3, -0.25) is 0 Å². The lowest BCUT2D eigenvalue weighted by molar-refractivity contribution is 0.302. The highest BCUT2D eigenvalue weighted by atomic mass is 16.5. The van der Waals surface area contributed by atoms with Crippen molar-refractivity contribution in [3.8, 4) is 11.5 Å². The zero-order valence-electron chi connectivity index (χ0n) is 11.3. The van der Waals surface area contributed by atoms with Crippen LogP contribution in [0.5, 0.6) is 11.5 Å². The molecular formula is C16H19NO2. The van der Waals surface area contributed by atoms with Gasteiger partial charge in [-0.15, -0.1) is 0 Å². The number of hydrogen-bond donors (Lipinski definition) is 1. The van der Waals surface area contributed by atoms with Crippen molar-refractivity contribution in [3.63, 3.8) is 0 Å². The minimum Gasteiger partial charge on any atom is -0.497 e. The molecule has 2 rings (SSSR count). The Kier molecular flexibility index (Phi) is 4.42. The van der Waals surface area contributed by atoms with E-state index in [0.29, 0.717) is 13.2 Å². The van der Waals surface area contributed by atoms with E-state index in [0.717, 1.165) is 22.6 Å². The Labute approximate surface area is 114 Å². The lowest BCUT2D eigenvalue weighted by Crippen LogP contribution is -2.03. The summed E-state index contributed by atoms with van der Waals surface area (Å²) < 4.78 is 11.0. The smallest absolute Gasteiger partial charge is 0.124 e. The molecule has 0 radical (unpaired) electrons. The highest BCUT2D eigenvalue weighted by molar-refractivity contribution is 5.40. The van der Waals surface area contributed by atoms with E-state index in [1.165, 1.54) is 5.56 Å². The van der Waals surface area contributed by atoms with Gasteiger partial charge in [-0.1, -0.05) is 29.8 Å². The Hall–Kier alpha value is -2.00. The second kappa shape index (κ2) is 6.25. The quantitative estimate of drug-likeness (QED) is 0.895. The highest BCUT2D eigenvalue weighted by Crippen LogP contribution is 2.24. The summed E-state index contributed by atoms with van der Waals surface area (Å²) in [4.78, 5) is 0. The molecule has 0 aromatic heterocycles. The van der Waals surface area contributed by atoms with E-state index >= 15 is 0 Å². The van der Waals surface area contributed by atoms with Crippen molar-refractivity contribution in [1.29, 1.82) is 0 Å². The molecule has 0 spiro atoms. The first-order valence-corrected chi connectivity index (χ1v) is 6.28. The van der Waals surface area contributed by atoms with Gasteiger partial charge in [0.1, 0.15) is 18.1 Å². The average Bonchev–Trinajstić information content (AvgIpc) is 2.45. The molecule has 0 saturated carbocycles. The summed E-state index contributed by atoms with van der Waals surface area (Å²) in [5, 5.41) is 0. The van der Waals surface area contributed by atoms with Crippen LogP contribution in [0, 0.1) is 6.92 Å². The van der Waals surface area contributed by atoms with Gasteiger partial charge < -0.3 is 15.2 Å². The van der Waals surface area contributed by atoms with E-state index in [1.54, 1.807) is 7.11 Å². The van der Waals surface area contributed by atoms with Crippen molar-refractivity contribution < 1.29 is 9.47 Å². The van der Waals surface area contributed by atoms with Crippen molar-refractivity contribution in [3.05, 3.63) is 59.2 Å². The van der Waals surface area contributed by atoms with Crippen LogP contribution in [0.4, 0.5) is 0 Å². The fourth-order valence-corrected chi connectivity index (χ4v) is 1.95. The summed E-state index contributed by atoms with van der Waals surface area (Å²) in [6.07, 6.45) is 0. The number of hydrogen-bond acceptors (Lipinski definition) is 3.